The number of amides is 1. The van der Waals surface area contributed by atoms with Gasteiger partial charge in [0.1, 0.15) is 0 Å². The van der Waals surface area contributed by atoms with E-state index < -0.39 is 0 Å². The molecule has 2 fully saturated rings. The zero-order chi connectivity index (χ0) is 18.5. The molecule has 0 unspecified atom stereocenters. The summed E-state index contributed by atoms with van der Waals surface area (Å²) in [7, 11) is 0. The molecule has 1 amide bonds. The molecule has 152 valence electrons. The van der Waals surface area contributed by atoms with Crippen LogP contribution in [0, 0.1) is 0 Å². The van der Waals surface area contributed by atoms with E-state index in [2.05, 4.69) is 44.8 Å². The Morgan fingerprint density at radius 2 is 1.82 bits per heavy atom. The molecule has 0 spiro atoms. The Bertz CT molecular complexity index is 738. The Kier molecular flexibility index (Phi) is 7.45. The fraction of sp³-hybridized carbons (Fsp3) is 0.571. The highest BCUT2D eigenvalue weighted by molar-refractivity contribution is 5.92. The third kappa shape index (κ3) is 4.92. The lowest BCUT2D eigenvalue weighted by molar-refractivity contribution is 0.0678. The lowest BCUT2D eigenvalue weighted by Gasteiger charge is -2.28. The summed E-state index contributed by atoms with van der Waals surface area (Å²) in [4.78, 5) is 15.3. The summed E-state index contributed by atoms with van der Waals surface area (Å²) in [6, 6.07) is 11.1. The Labute approximate surface area is 173 Å². The van der Waals surface area contributed by atoms with Crippen LogP contribution in [0.25, 0.3) is 0 Å². The fourth-order valence-corrected chi connectivity index (χ4v) is 4.33. The van der Waals surface area contributed by atoms with Gasteiger partial charge in [-0.25, -0.2) is 4.68 Å². The second-order valence-electron chi connectivity index (χ2n) is 7.74. The zero-order valence-electron chi connectivity index (χ0n) is 16.3. The third-order valence-electron chi connectivity index (χ3n) is 5.92. The first kappa shape index (κ1) is 20.8. The van der Waals surface area contributed by atoms with Crippen LogP contribution in [0.5, 0.6) is 0 Å². The molecule has 2 aliphatic rings. The van der Waals surface area contributed by atoms with Gasteiger partial charge in [0.05, 0.1) is 12.2 Å². The minimum Gasteiger partial charge on any atom is -0.334 e. The maximum atomic E-state index is 13.2. The number of piperidine rings is 1. The number of nitrogens with one attached hydrogen (secondary N) is 1. The lowest BCUT2D eigenvalue weighted by atomic mass is 10.1. The second-order valence-corrected chi connectivity index (χ2v) is 7.74. The highest BCUT2D eigenvalue weighted by Gasteiger charge is 2.29. The monoisotopic (exact) mass is 403 g/mol. The van der Waals surface area contributed by atoms with E-state index in [9.17, 15) is 4.79 Å². The van der Waals surface area contributed by atoms with Gasteiger partial charge in [-0.15, -0.1) is 17.5 Å². The Morgan fingerprint density at radius 1 is 1.11 bits per heavy atom. The van der Waals surface area contributed by atoms with Crippen molar-refractivity contribution in [2.45, 2.75) is 57.0 Å². The van der Waals surface area contributed by atoms with Crippen molar-refractivity contribution in [1.82, 2.24) is 25.2 Å². The van der Waals surface area contributed by atoms with Crippen LogP contribution in [0.4, 0.5) is 0 Å². The van der Waals surface area contributed by atoms with Gasteiger partial charge in [0.2, 0.25) is 0 Å². The minimum atomic E-state index is 0. The Morgan fingerprint density at radius 3 is 2.54 bits per heavy atom. The van der Waals surface area contributed by atoms with Gasteiger partial charge in [-0.3, -0.25) is 4.79 Å². The van der Waals surface area contributed by atoms with Gasteiger partial charge >= 0.3 is 0 Å². The predicted molar refractivity (Wildman–Crippen MR) is 112 cm³/mol. The molecule has 1 aromatic heterocycles. The molecule has 2 heterocycles. The van der Waals surface area contributed by atoms with Crippen LogP contribution in [-0.2, 0) is 6.42 Å². The van der Waals surface area contributed by atoms with E-state index in [4.69, 9.17) is 0 Å². The number of nitrogens with zero attached hydrogens (tertiary/aromatic N) is 4. The third-order valence-corrected chi connectivity index (χ3v) is 5.92. The molecule has 4 rings (SSSR count). The molecule has 1 saturated heterocycles. The van der Waals surface area contributed by atoms with E-state index in [1.807, 2.05) is 16.9 Å². The first-order chi connectivity index (χ1) is 13.3. The van der Waals surface area contributed by atoms with Crippen molar-refractivity contribution in [2.24, 2.45) is 0 Å². The van der Waals surface area contributed by atoms with Gasteiger partial charge in [-0.1, -0.05) is 48.4 Å². The van der Waals surface area contributed by atoms with Crippen LogP contribution in [-0.4, -0.2) is 51.5 Å². The van der Waals surface area contributed by atoms with Crippen LogP contribution in [0.1, 0.15) is 60.6 Å². The van der Waals surface area contributed by atoms with Crippen molar-refractivity contribution in [1.29, 1.82) is 0 Å². The summed E-state index contributed by atoms with van der Waals surface area (Å²) < 4.78 is 1.90. The van der Waals surface area contributed by atoms with Crippen LogP contribution >= 0.6 is 12.4 Å². The van der Waals surface area contributed by atoms with Crippen molar-refractivity contribution >= 4 is 18.3 Å². The largest absolute Gasteiger partial charge is 0.334 e. The molecule has 0 atom stereocenters. The van der Waals surface area contributed by atoms with Gasteiger partial charge in [-0.05, 0) is 50.8 Å². The van der Waals surface area contributed by atoms with Crippen LogP contribution in [0.3, 0.4) is 0 Å². The van der Waals surface area contributed by atoms with Gasteiger partial charge < -0.3 is 10.2 Å². The van der Waals surface area contributed by atoms with E-state index >= 15 is 0 Å². The van der Waals surface area contributed by atoms with E-state index in [0.29, 0.717) is 17.8 Å². The maximum absolute atomic E-state index is 13.2. The van der Waals surface area contributed by atoms with Crippen molar-refractivity contribution < 1.29 is 4.79 Å². The number of aromatic nitrogens is 3. The number of hydrogen-bond acceptors (Lipinski definition) is 4. The molecule has 0 radical (unpaired) electrons. The Hall–Kier alpha value is -1.92. The number of carbonyl (C=O) groups is 1. The molecule has 7 heteroatoms. The van der Waals surface area contributed by atoms with Gasteiger partial charge in [0.25, 0.3) is 5.91 Å². The number of rotatable bonds is 6. The smallest absolute Gasteiger partial charge is 0.276 e. The van der Waals surface area contributed by atoms with Crippen molar-refractivity contribution in [2.75, 3.05) is 19.6 Å². The summed E-state index contributed by atoms with van der Waals surface area (Å²) in [5.41, 5.74) is 1.76. The van der Waals surface area contributed by atoms with Crippen LogP contribution < -0.4 is 5.32 Å². The van der Waals surface area contributed by atoms with E-state index in [0.717, 1.165) is 51.7 Å². The average Bonchev–Trinajstić information content (AvgIpc) is 3.42. The van der Waals surface area contributed by atoms with E-state index in [-0.39, 0.29) is 18.3 Å². The number of carbonyl (C=O) groups excluding carboxylic acids is 1. The normalized spacial score (nSPS) is 18.0. The first-order valence-electron chi connectivity index (χ1n) is 10.3. The van der Waals surface area contributed by atoms with Crippen molar-refractivity contribution in [3.05, 3.63) is 47.8 Å². The van der Waals surface area contributed by atoms with Crippen molar-refractivity contribution in [3.63, 3.8) is 0 Å². The molecule has 28 heavy (non-hydrogen) atoms. The maximum Gasteiger partial charge on any atom is 0.276 e. The molecular weight excluding hydrogens is 374 g/mol. The highest BCUT2D eigenvalue weighted by atomic mass is 35.5. The number of hydrogen-bond donors (Lipinski definition) is 1. The summed E-state index contributed by atoms with van der Waals surface area (Å²) in [6.45, 7) is 2.74. The SMILES string of the molecule is Cl.O=C(c1cn(C2CCNCC2)nn1)N(CCc1ccccc1)C1CCCC1. The summed E-state index contributed by atoms with van der Waals surface area (Å²) >= 11 is 0. The summed E-state index contributed by atoms with van der Waals surface area (Å²) in [6.07, 6.45) is 9.44. The number of halogens is 1. The molecule has 1 saturated carbocycles. The van der Waals surface area contributed by atoms with E-state index in [1.165, 1.54) is 18.4 Å². The lowest BCUT2D eigenvalue weighted by Crippen LogP contribution is -2.40. The fourth-order valence-electron chi connectivity index (χ4n) is 4.33. The average molecular weight is 404 g/mol. The molecule has 6 nitrogen and oxygen atoms in total. The van der Waals surface area contributed by atoms with Crippen molar-refractivity contribution in [3.8, 4) is 0 Å². The molecular formula is C21H30ClN5O. The summed E-state index contributed by atoms with van der Waals surface area (Å²) in [5, 5.41) is 11.9. The molecule has 1 aliphatic heterocycles. The summed E-state index contributed by atoms with van der Waals surface area (Å²) in [5.74, 6) is 0.0398. The molecule has 2 aromatic rings. The van der Waals surface area contributed by atoms with Crippen LogP contribution in [0.15, 0.2) is 36.5 Å². The predicted octanol–water partition coefficient (Wildman–Crippen LogP) is 3.25. The molecule has 0 bridgehead atoms. The van der Waals surface area contributed by atoms with Crippen LogP contribution in [0.2, 0.25) is 0 Å². The molecule has 1 aromatic carbocycles. The zero-order valence-corrected chi connectivity index (χ0v) is 17.1. The standard InChI is InChI=1S/C21H29N5O.ClH/c27-21(20-16-26(24-23-20)19-10-13-22-14-11-19)25(18-8-4-5-9-18)15-12-17-6-2-1-3-7-17;/h1-3,6-7,16,18-19,22H,4-5,8-15H2;1H. The molecule has 1 aliphatic carbocycles. The number of benzene rings is 1. The van der Waals surface area contributed by atoms with Gasteiger partial charge in [0, 0.05) is 12.6 Å². The van der Waals surface area contributed by atoms with Gasteiger partial charge in [-0.2, -0.15) is 0 Å². The molecule has 1 N–H and O–H groups in total. The quantitative estimate of drug-likeness (QED) is 0.804. The Balaban J connectivity index is 0.00000225. The van der Waals surface area contributed by atoms with Gasteiger partial charge in [0.15, 0.2) is 5.69 Å². The first-order valence-corrected chi connectivity index (χ1v) is 10.3. The minimum absolute atomic E-state index is 0. The van der Waals surface area contributed by atoms with E-state index in [1.54, 1.807) is 0 Å². The second kappa shape index (κ2) is 10.0. The highest BCUT2D eigenvalue weighted by Crippen LogP contribution is 2.25. The topological polar surface area (TPSA) is 63.1 Å².